The van der Waals surface area contributed by atoms with Crippen molar-refractivity contribution in [1.82, 2.24) is 14.9 Å². The van der Waals surface area contributed by atoms with E-state index >= 15 is 0 Å². The highest BCUT2D eigenvalue weighted by atomic mass is 35.5. The Balaban J connectivity index is 1.84. The third-order valence-corrected chi connectivity index (χ3v) is 3.89. The quantitative estimate of drug-likeness (QED) is 0.600. The highest BCUT2D eigenvalue weighted by Crippen LogP contribution is 2.20. The molecule has 1 atom stereocenters. The Kier molecular flexibility index (Phi) is 3.63. The van der Waals surface area contributed by atoms with Crippen molar-refractivity contribution in [3.63, 3.8) is 0 Å². The molecule has 110 valence electrons. The molecular weight excluding hydrogens is 295 g/mol. The minimum Gasteiger partial charge on any atom is -0.351 e. The van der Waals surface area contributed by atoms with E-state index in [0.717, 1.165) is 5.82 Å². The van der Waals surface area contributed by atoms with Gasteiger partial charge in [-0.05, 0) is 30.7 Å². The highest BCUT2D eigenvalue weighted by Gasteiger charge is 2.27. The van der Waals surface area contributed by atoms with Gasteiger partial charge in [0.15, 0.2) is 0 Å². The Hall–Kier alpha value is -1.95. The zero-order valence-electron chi connectivity index (χ0n) is 11.5. The minimum absolute atomic E-state index is 0.00876. The summed E-state index contributed by atoms with van der Waals surface area (Å²) < 4.78 is 13.1. The lowest BCUT2D eigenvalue weighted by Crippen LogP contribution is -2.53. The lowest BCUT2D eigenvalue weighted by atomic mass is 10.2. The molecule has 0 radical (unpaired) electrons. The number of nitrogens with zero attached hydrogens (tertiary/aromatic N) is 4. The van der Waals surface area contributed by atoms with Crippen molar-refractivity contribution < 1.29 is 9.18 Å². The normalized spacial score (nSPS) is 19.1. The van der Waals surface area contributed by atoms with Crippen molar-refractivity contribution in [1.29, 1.82) is 0 Å². The molecule has 1 saturated heterocycles. The fraction of sp³-hybridized carbons (Fsp3) is 0.357. The standard InChI is InChI=1S/C14H14ClFN4O/c1-9-8-19(4-5-20(9)14(15)21)13-7-17-12-6-10(16)2-3-11(12)18-13/h2-3,6-7,9H,4-5,8H2,1H3/t9-/m1/s1. The molecule has 7 heteroatoms. The van der Waals surface area contributed by atoms with Crippen LogP contribution in [0.4, 0.5) is 15.0 Å². The van der Waals surface area contributed by atoms with E-state index in [9.17, 15) is 9.18 Å². The number of anilines is 1. The third kappa shape index (κ3) is 2.76. The molecule has 2 aromatic rings. The van der Waals surface area contributed by atoms with Crippen LogP contribution in [0.2, 0.25) is 0 Å². The highest BCUT2D eigenvalue weighted by molar-refractivity contribution is 6.62. The minimum atomic E-state index is -0.428. The maximum Gasteiger partial charge on any atom is 0.316 e. The van der Waals surface area contributed by atoms with E-state index in [0.29, 0.717) is 30.7 Å². The van der Waals surface area contributed by atoms with Crippen LogP contribution in [0, 0.1) is 5.82 Å². The Labute approximate surface area is 126 Å². The number of carbonyl (C=O) groups excluding carboxylic acids is 1. The first-order valence-corrected chi connectivity index (χ1v) is 7.06. The maximum atomic E-state index is 13.1. The molecule has 21 heavy (non-hydrogen) atoms. The Bertz CT molecular complexity index is 696. The molecule has 0 N–H and O–H groups in total. The molecule has 0 aliphatic carbocycles. The van der Waals surface area contributed by atoms with Gasteiger partial charge >= 0.3 is 5.37 Å². The second-order valence-electron chi connectivity index (χ2n) is 5.10. The largest absolute Gasteiger partial charge is 0.351 e. The molecule has 0 spiro atoms. The predicted octanol–water partition coefficient (Wildman–Crippen LogP) is 2.64. The fourth-order valence-corrected chi connectivity index (χ4v) is 2.80. The Morgan fingerprint density at radius 3 is 2.90 bits per heavy atom. The topological polar surface area (TPSA) is 49.3 Å². The number of hydrogen-bond acceptors (Lipinski definition) is 4. The van der Waals surface area contributed by atoms with Crippen LogP contribution in [-0.4, -0.2) is 45.9 Å². The molecule has 1 aliphatic rings. The average molecular weight is 309 g/mol. The van der Waals surface area contributed by atoms with Crippen LogP contribution < -0.4 is 4.90 Å². The number of hydrogen-bond donors (Lipinski definition) is 0. The zero-order valence-corrected chi connectivity index (χ0v) is 12.2. The third-order valence-electron chi connectivity index (χ3n) is 3.67. The number of halogens is 2. The summed E-state index contributed by atoms with van der Waals surface area (Å²) in [6.07, 6.45) is 1.63. The average Bonchev–Trinajstić information content (AvgIpc) is 2.46. The van der Waals surface area contributed by atoms with Gasteiger partial charge in [0.2, 0.25) is 0 Å². The van der Waals surface area contributed by atoms with Gasteiger partial charge in [-0.15, -0.1) is 0 Å². The van der Waals surface area contributed by atoms with E-state index in [1.807, 2.05) is 6.92 Å². The molecule has 1 aliphatic heterocycles. The first-order chi connectivity index (χ1) is 10.0. The van der Waals surface area contributed by atoms with E-state index in [-0.39, 0.29) is 11.9 Å². The van der Waals surface area contributed by atoms with Crippen LogP contribution >= 0.6 is 11.6 Å². The Morgan fingerprint density at radius 2 is 2.19 bits per heavy atom. The van der Waals surface area contributed by atoms with Crippen molar-refractivity contribution in [2.75, 3.05) is 24.5 Å². The van der Waals surface area contributed by atoms with Crippen LogP contribution in [0.1, 0.15) is 6.92 Å². The van der Waals surface area contributed by atoms with Crippen LogP contribution in [0.15, 0.2) is 24.4 Å². The van der Waals surface area contributed by atoms with Gasteiger partial charge < -0.3 is 9.80 Å². The van der Waals surface area contributed by atoms with Gasteiger partial charge in [0, 0.05) is 31.7 Å². The van der Waals surface area contributed by atoms with E-state index in [4.69, 9.17) is 11.6 Å². The summed E-state index contributed by atoms with van der Waals surface area (Å²) in [5.74, 6) is 0.398. The maximum absolute atomic E-state index is 13.1. The lowest BCUT2D eigenvalue weighted by Gasteiger charge is -2.39. The molecule has 3 rings (SSSR count). The summed E-state index contributed by atoms with van der Waals surface area (Å²) >= 11 is 5.54. The van der Waals surface area contributed by atoms with Gasteiger partial charge in [0.25, 0.3) is 0 Å². The first kappa shape index (κ1) is 14.0. The zero-order chi connectivity index (χ0) is 15.0. The van der Waals surface area contributed by atoms with Crippen molar-refractivity contribution in [2.24, 2.45) is 0 Å². The van der Waals surface area contributed by atoms with Gasteiger partial charge in [0.1, 0.15) is 11.6 Å². The van der Waals surface area contributed by atoms with Crippen LogP contribution in [0.25, 0.3) is 11.0 Å². The number of benzene rings is 1. The summed E-state index contributed by atoms with van der Waals surface area (Å²) in [6.45, 7) is 3.77. The van der Waals surface area contributed by atoms with Crippen LogP contribution in [0.3, 0.4) is 0 Å². The molecular formula is C14H14ClFN4O. The molecule has 1 fully saturated rings. The number of carbonyl (C=O) groups is 1. The predicted molar refractivity (Wildman–Crippen MR) is 79.1 cm³/mol. The summed E-state index contributed by atoms with van der Waals surface area (Å²) in [6, 6.07) is 4.35. The van der Waals surface area contributed by atoms with Crippen LogP contribution in [-0.2, 0) is 0 Å². The monoisotopic (exact) mass is 308 g/mol. The molecule has 0 unspecified atom stereocenters. The van der Waals surface area contributed by atoms with Crippen molar-refractivity contribution in [3.05, 3.63) is 30.2 Å². The molecule has 2 heterocycles. The summed E-state index contributed by atoms with van der Waals surface area (Å²) in [5, 5.41) is -0.428. The van der Waals surface area contributed by atoms with Gasteiger partial charge in [-0.2, -0.15) is 0 Å². The van der Waals surface area contributed by atoms with Gasteiger partial charge in [-0.25, -0.2) is 9.37 Å². The van der Waals surface area contributed by atoms with E-state index in [1.165, 1.54) is 12.1 Å². The fourth-order valence-electron chi connectivity index (χ4n) is 2.55. The second kappa shape index (κ2) is 5.44. The molecule has 1 amide bonds. The summed E-state index contributed by atoms with van der Waals surface area (Å²) in [4.78, 5) is 23.7. The number of aromatic nitrogens is 2. The number of piperazine rings is 1. The van der Waals surface area contributed by atoms with Crippen molar-refractivity contribution in [2.45, 2.75) is 13.0 Å². The number of fused-ring (bicyclic) bond motifs is 1. The van der Waals surface area contributed by atoms with Crippen molar-refractivity contribution >= 4 is 33.8 Å². The van der Waals surface area contributed by atoms with Gasteiger partial charge in [-0.3, -0.25) is 9.78 Å². The van der Waals surface area contributed by atoms with E-state index < -0.39 is 5.37 Å². The summed E-state index contributed by atoms with van der Waals surface area (Å²) in [5.41, 5.74) is 1.18. The Morgan fingerprint density at radius 1 is 1.38 bits per heavy atom. The molecule has 1 aromatic carbocycles. The SMILES string of the molecule is C[C@@H]1CN(c2cnc3cc(F)ccc3n2)CCN1C(=O)Cl. The first-order valence-electron chi connectivity index (χ1n) is 6.68. The van der Waals surface area contributed by atoms with Gasteiger partial charge in [-0.1, -0.05) is 0 Å². The molecule has 1 aromatic heterocycles. The van der Waals surface area contributed by atoms with E-state index in [2.05, 4.69) is 14.9 Å². The number of amides is 1. The van der Waals surface area contributed by atoms with Crippen LogP contribution in [0.5, 0.6) is 0 Å². The number of rotatable bonds is 1. The van der Waals surface area contributed by atoms with E-state index in [1.54, 1.807) is 17.2 Å². The van der Waals surface area contributed by atoms with Crippen molar-refractivity contribution in [3.8, 4) is 0 Å². The summed E-state index contributed by atoms with van der Waals surface area (Å²) in [7, 11) is 0. The lowest BCUT2D eigenvalue weighted by molar-refractivity contribution is 0.194. The second-order valence-corrected chi connectivity index (χ2v) is 5.43. The van der Waals surface area contributed by atoms with Gasteiger partial charge in [0.05, 0.1) is 17.2 Å². The molecule has 0 saturated carbocycles. The molecule has 5 nitrogen and oxygen atoms in total. The molecule has 0 bridgehead atoms. The smallest absolute Gasteiger partial charge is 0.316 e.